The van der Waals surface area contributed by atoms with Crippen LogP contribution in [0.5, 0.6) is 0 Å². The van der Waals surface area contributed by atoms with Crippen LogP contribution in [0.15, 0.2) is 0 Å². The molecule has 0 aliphatic carbocycles. The molecule has 0 saturated heterocycles. The van der Waals surface area contributed by atoms with E-state index in [1.54, 1.807) is 32.6 Å². The Kier molecular flexibility index (Phi) is 8.06. The molecule has 1 aromatic rings. The van der Waals surface area contributed by atoms with Crippen LogP contribution in [0, 0.1) is 19.8 Å². The monoisotopic (exact) mass is 364 g/mol. The molecular weight excluding hydrogens is 332 g/mol. The number of nitrogens with one attached hydrogen (secondary N) is 1. The molecule has 0 radical (unpaired) electrons. The molecule has 1 N–H and O–H groups in total. The van der Waals surface area contributed by atoms with E-state index in [4.69, 9.17) is 4.74 Å². The Morgan fingerprint density at radius 2 is 1.73 bits per heavy atom. The average Bonchev–Trinajstić information content (AvgIpc) is 2.85. The Morgan fingerprint density at radius 3 is 2.23 bits per heavy atom. The van der Waals surface area contributed by atoms with E-state index >= 15 is 0 Å². The summed E-state index contributed by atoms with van der Waals surface area (Å²) in [6.45, 7) is 13.7. The van der Waals surface area contributed by atoms with Crippen molar-refractivity contribution in [1.29, 1.82) is 0 Å². The standard InChI is InChI=1S/C20H32N2O4/c1-8-10-22(16(23)11-12(3)4)15(7)19(24)17-13(5)18(21-14(17)6)20(25)26-9-2/h12,15,21H,8-11H2,1-7H3. The van der Waals surface area contributed by atoms with Crippen LogP contribution in [0.4, 0.5) is 0 Å². The van der Waals surface area contributed by atoms with E-state index in [1.165, 1.54) is 0 Å². The summed E-state index contributed by atoms with van der Waals surface area (Å²) < 4.78 is 5.04. The number of hydrogen-bond donors (Lipinski definition) is 1. The van der Waals surface area contributed by atoms with E-state index < -0.39 is 12.0 Å². The van der Waals surface area contributed by atoms with E-state index in [-0.39, 0.29) is 24.2 Å². The maximum Gasteiger partial charge on any atom is 0.355 e. The van der Waals surface area contributed by atoms with Crippen molar-refractivity contribution in [2.75, 3.05) is 13.2 Å². The van der Waals surface area contributed by atoms with Crippen LogP contribution >= 0.6 is 0 Å². The summed E-state index contributed by atoms with van der Waals surface area (Å²) in [6.07, 6.45) is 1.19. The second-order valence-corrected chi connectivity index (χ2v) is 7.07. The van der Waals surface area contributed by atoms with Crippen molar-refractivity contribution in [2.24, 2.45) is 5.92 Å². The third kappa shape index (κ3) is 4.96. The fourth-order valence-electron chi connectivity index (χ4n) is 3.12. The fraction of sp³-hybridized carbons (Fsp3) is 0.650. The van der Waals surface area contributed by atoms with Crippen LogP contribution in [0.1, 0.15) is 79.6 Å². The molecule has 1 heterocycles. The number of hydrogen-bond acceptors (Lipinski definition) is 4. The Balaban J connectivity index is 3.16. The van der Waals surface area contributed by atoms with Crippen molar-refractivity contribution < 1.29 is 19.1 Å². The number of aromatic amines is 1. The summed E-state index contributed by atoms with van der Waals surface area (Å²) in [6, 6.07) is -0.579. The van der Waals surface area contributed by atoms with Gasteiger partial charge in [-0.05, 0) is 45.6 Å². The number of carbonyl (C=O) groups is 3. The fourth-order valence-corrected chi connectivity index (χ4v) is 3.12. The number of aromatic nitrogens is 1. The number of ether oxygens (including phenoxy) is 1. The number of esters is 1. The van der Waals surface area contributed by atoms with E-state index in [1.807, 2.05) is 20.8 Å². The van der Waals surface area contributed by atoms with Gasteiger partial charge in [-0.1, -0.05) is 20.8 Å². The van der Waals surface area contributed by atoms with Gasteiger partial charge in [0.05, 0.1) is 12.6 Å². The third-order valence-electron chi connectivity index (χ3n) is 4.38. The molecule has 0 aromatic carbocycles. The van der Waals surface area contributed by atoms with Gasteiger partial charge in [0.2, 0.25) is 5.91 Å². The van der Waals surface area contributed by atoms with Gasteiger partial charge in [-0.2, -0.15) is 0 Å². The number of aryl methyl sites for hydroxylation is 1. The number of Topliss-reactive ketones (excluding diaryl/α,β-unsaturated/α-hetero) is 1. The molecule has 0 bridgehead atoms. The van der Waals surface area contributed by atoms with Crippen molar-refractivity contribution >= 4 is 17.7 Å². The number of carbonyl (C=O) groups excluding carboxylic acids is 3. The van der Waals surface area contributed by atoms with E-state index in [9.17, 15) is 14.4 Å². The van der Waals surface area contributed by atoms with Crippen molar-refractivity contribution in [3.8, 4) is 0 Å². The first kappa shape index (κ1) is 21.9. The zero-order valence-electron chi connectivity index (χ0n) is 17.1. The second kappa shape index (κ2) is 9.55. The van der Waals surface area contributed by atoms with Gasteiger partial charge in [-0.25, -0.2) is 4.79 Å². The summed E-state index contributed by atoms with van der Waals surface area (Å²) in [4.78, 5) is 42.4. The third-order valence-corrected chi connectivity index (χ3v) is 4.38. The maximum absolute atomic E-state index is 13.1. The molecule has 1 rings (SSSR count). The number of rotatable bonds is 9. The Labute approximate surface area is 156 Å². The van der Waals surface area contributed by atoms with Crippen molar-refractivity contribution in [2.45, 2.75) is 67.3 Å². The molecule has 0 saturated carbocycles. The van der Waals surface area contributed by atoms with Gasteiger partial charge in [-0.3, -0.25) is 9.59 Å². The minimum Gasteiger partial charge on any atom is -0.461 e. The molecule has 1 aromatic heterocycles. The van der Waals surface area contributed by atoms with Crippen molar-refractivity contribution in [1.82, 2.24) is 9.88 Å². The molecular formula is C20H32N2O4. The van der Waals surface area contributed by atoms with Crippen LogP contribution in [-0.4, -0.2) is 46.7 Å². The number of amides is 1. The first-order valence-corrected chi connectivity index (χ1v) is 9.35. The SMILES string of the molecule is CCCN(C(=O)CC(C)C)C(C)C(=O)c1c(C)[nH]c(C(=O)OCC)c1C. The molecule has 0 spiro atoms. The van der Waals surface area contributed by atoms with Gasteiger partial charge in [0.15, 0.2) is 5.78 Å². The van der Waals surface area contributed by atoms with Gasteiger partial charge >= 0.3 is 5.97 Å². The van der Waals surface area contributed by atoms with Gasteiger partial charge in [0, 0.05) is 24.2 Å². The number of nitrogens with zero attached hydrogens (tertiary/aromatic N) is 1. The molecule has 1 amide bonds. The second-order valence-electron chi connectivity index (χ2n) is 7.07. The zero-order valence-corrected chi connectivity index (χ0v) is 17.1. The lowest BCUT2D eigenvalue weighted by Crippen LogP contribution is -2.44. The van der Waals surface area contributed by atoms with Gasteiger partial charge < -0.3 is 14.6 Å². The van der Waals surface area contributed by atoms with Crippen LogP contribution < -0.4 is 0 Å². The summed E-state index contributed by atoms with van der Waals surface area (Å²) in [5, 5.41) is 0. The molecule has 0 aliphatic heterocycles. The van der Waals surface area contributed by atoms with E-state index in [2.05, 4.69) is 4.98 Å². The smallest absolute Gasteiger partial charge is 0.355 e. The molecule has 0 fully saturated rings. The number of H-pyrrole nitrogens is 1. The van der Waals surface area contributed by atoms with Gasteiger partial charge in [-0.15, -0.1) is 0 Å². The largest absolute Gasteiger partial charge is 0.461 e. The first-order chi connectivity index (χ1) is 12.1. The van der Waals surface area contributed by atoms with Gasteiger partial charge in [0.1, 0.15) is 5.69 Å². The summed E-state index contributed by atoms with van der Waals surface area (Å²) in [5.74, 6) is -0.409. The predicted molar refractivity (Wildman–Crippen MR) is 101 cm³/mol. The molecule has 146 valence electrons. The lowest BCUT2D eigenvalue weighted by Gasteiger charge is -2.29. The van der Waals surface area contributed by atoms with Crippen LogP contribution in [-0.2, 0) is 9.53 Å². The lowest BCUT2D eigenvalue weighted by molar-refractivity contribution is -0.133. The molecule has 26 heavy (non-hydrogen) atoms. The highest BCUT2D eigenvalue weighted by atomic mass is 16.5. The summed E-state index contributed by atoms with van der Waals surface area (Å²) in [5.41, 5.74) is 1.97. The Bertz CT molecular complexity index is 661. The van der Waals surface area contributed by atoms with E-state index in [0.717, 1.165) is 6.42 Å². The quantitative estimate of drug-likeness (QED) is 0.536. The maximum atomic E-state index is 13.1. The minimum absolute atomic E-state index is 0.0147. The Hall–Kier alpha value is -2.11. The van der Waals surface area contributed by atoms with Crippen LogP contribution in [0.25, 0.3) is 0 Å². The number of ketones is 1. The minimum atomic E-state index is -0.579. The van der Waals surface area contributed by atoms with Crippen molar-refractivity contribution in [3.05, 3.63) is 22.5 Å². The normalized spacial score (nSPS) is 12.2. The molecule has 1 unspecified atom stereocenters. The zero-order chi connectivity index (χ0) is 20.0. The average molecular weight is 364 g/mol. The summed E-state index contributed by atoms with van der Waals surface area (Å²) in [7, 11) is 0. The first-order valence-electron chi connectivity index (χ1n) is 9.35. The van der Waals surface area contributed by atoms with Crippen LogP contribution in [0.2, 0.25) is 0 Å². The summed E-state index contributed by atoms with van der Waals surface area (Å²) >= 11 is 0. The lowest BCUT2D eigenvalue weighted by atomic mass is 9.99. The Morgan fingerprint density at radius 1 is 1.12 bits per heavy atom. The van der Waals surface area contributed by atoms with Crippen LogP contribution in [0.3, 0.4) is 0 Å². The molecule has 6 heteroatoms. The highest BCUT2D eigenvalue weighted by molar-refractivity contribution is 6.06. The topological polar surface area (TPSA) is 79.5 Å². The predicted octanol–water partition coefficient (Wildman–Crippen LogP) is 3.66. The van der Waals surface area contributed by atoms with Gasteiger partial charge in [0.25, 0.3) is 0 Å². The highest BCUT2D eigenvalue weighted by Gasteiger charge is 2.30. The van der Waals surface area contributed by atoms with Crippen molar-refractivity contribution in [3.63, 3.8) is 0 Å². The van der Waals surface area contributed by atoms with E-state index in [0.29, 0.717) is 35.5 Å². The molecule has 1 atom stereocenters. The molecule has 0 aliphatic rings. The molecule has 6 nitrogen and oxygen atoms in total. The highest BCUT2D eigenvalue weighted by Crippen LogP contribution is 2.22.